The number of rotatable bonds is 5. The molecule has 2 aliphatic rings. The Bertz CT molecular complexity index is 965. The summed E-state index contributed by atoms with van der Waals surface area (Å²) >= 11 is 0. The number of hydrogen-bond donors (Lipinski definition) is 2. The zero-order chi connectivity index (χ0) is 22.0. The maximum absolute atomic E-state index is 13.5. The highest BCUT2D eigenvalue weighted by Crippen LogP contribution is 2.45. The predicted octanol–water partition coefficient (Wildman–Crippen LogP) is 3.65. The van der Waals surface area contributed by atoms with Gasteiger partial charge in [-0.05, 0) is 62.1 Å². The first-order chi connectivity index (χ1) is 14.9. The number of halogens is 1. The first kappa shape index (κ1) is 21.3. The number of carbonyl (C=O) groups excluding carboxylic acids is 2. The minimum atomic E-state index is -0.419. The van der Waals surface area contributed by atoms with Crippen molar-refractivity contribution in [3.63, 3.8) is 0 Å². The van der Waals surface area contributed by atoms with E-state index in [4.69, 9.17) is 4.74 Å². The molecule has 2 heterocycles. The van der Waals surface area contributed by atoms with Crippen LogP contribution in [0.3, 0.4) is 0 Å². The Kier molecular flexibility index (Phi) is 5.96. The number of hydrogen-bond acceptors (Lipinski definition) is 4. The highest BCUT2D eigenvalue weighted by atomic mass is 19.1. The van der Waals surface area contributed by atoms with Gasteiger partial charge in [-0.3, -0.25) is 14.5 Å². The summed E-state index contributed by atoms with van der Waals surface area (Å²) in [6.45, 7) is 2.23. The topological polar surface area (TPSA) is 70.7 Å². The lowest BCUT2D eigenvalue weighted by Crippen LogP contribution is -2.53. The maximum Gasteiger partial charge on any atom is 0.238 e. The second kappa shape index (κ2) is 8.67. The summed E-state index contributed by atoms with van der Waals surface area (Å²) in [5.41, 5.74) is 1.09. The summed E-state index contributed by atoms with van der Waals surface area (Å²) in [4.78, 5) is 27.4. The lowest BCUT2D eigenvalue weighted by Gasteiger charge is -2.34. The molecule has 2 amide bonds. The third kappa shape index (κ3) is 4.56. The van der Waals surface area contributed by atoms with Crippen molar-refractivity contribution >= 4 is 17.5 Å². The molecule has 6 nitrogen and oxygen atoms in total. The molecule has 0 spiro atoms. The Labute approximate surface area is 181 Å². The van der Waals surface area contributed by atoms with Crippen LogP contribution in [-0.4, -0.2) is 41.9 Å². The Balaban J connectivity index is 1.60. The first-order valence-electron chi connectivity index (χ1n) is 10.6. The summed E-state index contributed by atoms with van der Waals surface area (Å²) < 4.78 is 18.8. The van der Waals surface area contributed by atoms with Gasteiger partial charge < -0.3 is 15.4 Å². The number of carbonyl (C=O) groups is 2. The molecule has 7 heteroatoms. The second-order valence-corrected chi connectivity index (χ2v) is 8.60. The molecule has 2 aromatic rings. The Morgan fingerprint density at radius 3 is 2.77 bits per heavy atom. The van der Waals surface area contributed by atoms with Gasteiger partial charge in [0.1, 0.15) is 11.6 Å². The highest BCUT2D eigenvalue weighted by Gasteiger charge is 2.51. The zero-order valence-electron chi connectivity index (χ0n) is 17.9. The normalized spacial score (nSPS) is 26.0. The van der Waals surface area contributed by atoms with Gasteiger partial charge in [-0.2, -0.15) is 0 Å². The number of fused-ring (bicyclic) bond motifs is 1. The summed E-state index contributed by atoms with van der Waals surface area (Å²) in [7, 11) is 1.63. The van der Waals surface area contributed by atoms with E-state index < -0.39 is 11.4 Å². The molecule has 3 atom stereocenters. The van der Waals surface area contributed by atoms with E-state index in [0.29, 0.717) is 18.5 Å². The van der Waals surface area contributed by atoms with Crippen molar-refractivity contribution in [2.45, 2.75) is 50.2 Å². The monoisotopic (exact) mass is 425 g/mol. The molecule has 31 heavy (non-hydrogen) atoms. The van der Waals surface area contributed by atoms with Crippen LogP contribution in [0, 0.1) is 5.82 Å². The standard InChI is InChI=1S/C24H28FN3O3/c1-24-14-20(16-9-11-19(31-2)12-10-16)28(21(24)7-4-8-22(29)27-24)15-23(30)26-18-6-3-5-17(25)13-18/h3,5-6,9-13,20-21H,4,7-8,14-15H2,1-2H3,(H,26,30)(H,27,29)/t20-,21-,24-/m0/s1. The van der Waals surface area contributed by atoms with Gasteiger partial charge in [-0.15, -0.1) is 0 Å². The molecule has 2 saturated heterocycles. The van der Waals surface area contributed by atoms with Gasteiger partial charge in [-0.25, -0.2) is 4.39 Å². The second-order valence-electron chi connectivity index (χ2n) is 8.60. The van der Waals surface area contributed by atoms with Gasteiger partial charge in [0.15, 0.2) is 0 Å². The molecular formula is C24H28FN3O3. The lowest BCUT2D eigenvalue weighted by atomic mass is 9.88. The zero-order valence-corrected chi connectivity index (χ0v) is 17.9. The van der Waals surface area contributed by atoms with Crippen molar-refractivity contribution < 1.29 is 18.7 Å². The van der Waals surface area contributed by atoms with E-state index in [-0.39, 0.29) is 30.4 Å². The molecule has 2 N–H and O–H groups in total. The van der Waals surface area contributed by atoms with Crippen LogP contribution in [0.5, 0.6) is 5.75 Å². The molecule has 0 unspecified atom stereocenters. The number of amides is 2. The van der Waals surface area contributed by atoms with Crippen molar-refractivity contribution in [2.24, 2.45) is 0 Å². The smallest absolute Gasteiger partial charge is 0.238 e. The Morgan fingerprint density at radius 2 is 2.06 bits per heavy atom. The summed E-state index contributed by atoms with van der Waals surface area (Å²) in [6.07, 6.45) is 2.82. The van der Waals surface area contributed by atoms with Gasteiger partial charge in [0.25, 0.3) is 0 Å². The van der Waals surface area contributed by atoms with E-state index in [9.17, 15) is 14.0 Å². The molecule has 2 fully saturated rings. The van der Waals surface area contributed by atoms with Crippen LogP contribution >= 0.6 is 0 Å². The third-order valence-electron chi connectivity index (χ3n) is 6.40. The summed E-state index contributed by atoms with van der Waals surface area (Å²) in [5, 5.41) is 6.02. The number of methoxy groups -OCH3 is 1. The lowest BCUT2D eigenvalue weighted by molar-refractivity contribution is -0.122. The van der Waals surface area contributed by atoms with E-state index in [2.05, 4.69) is 22.5 Å². The molecule has 0 bridgehead atoms. The third-order valence-corrected chi connectivity index (χ3v) is 6.40. The fourth-order valence-corrected chi connectivity index (χ4v) is 4.98. The molecule has 0 radical (unpaired) electrons. The Hall–Kier alpha value is -2.93. The number of ether oxygens (including phenoxy) is 1. The largest absolute Gasteiger partial charge is 0.497 e. The average molecular weight is 426 g/mol. The van der Waals surface area contributed by atoms with Gasteiger partial charge >= 0.3 is 0 Å². The minimum absolute atomic E-state index is 0.0300. The van der Waals surface area contributed by atoms with Gasteiger partial charge in [0.2, 0.25) is 11.8 Å². The summed E-state index contributed by atoms with van der Waals surface area (Å²) in [5.74, 6) is 0.230. The molecule has 0 aliphatic carbocycles. The van der Waals surface area contributed by atoms with Gasteiger partial charge in [-0.1, -0.05) is 18.2 Å². The van der Waals surface area contributed by atoms with E-state index in [1.807, 2.05) is 24.3 Å². The number of nitrogens with zero attached hydrogens (tertiary/aromatic N) is 1. The molecule has 0 aromatic heterocycles. The predicted molar refractivity (Wildman–Crippen MR) is 116 cm³/mol. The van der Waals surface area contributed by atoms with Gasteiger partial charge in [0.05, 0.1) is 19.2 Å². The van der Waals surface area contributed by atoms with E-state index in [1.54, 1.807) is 19.2 Å². The van der Waals surface area contributed by atoms with Crippen LogP contribution in [0.25, 0.3) is 0 Å². The molecule has 2 aromatic carbocycles. The van der Waals surface area contributed by atoms with E-state index in [1.165, 1.54) is 12.1 Å². The van der Waals surface area contributed by atoms with Crippen LogP contribution in [0.2, 0.25) is 0 Å². The first-order valence-corrected chi connectivity index (χ1v) is 10.6. The average Bonchev–Trinajstić information content (AvgIpc) is 2.89. The quantitative estimate of drug-likeness (QED) is 0.767. The molecule has 164 valence electrons. The van der Waals surface area contributed by atoms with Crippen molar-refractivity contribution in [1.29, 1.82) is 0 Å². The van der Waals surface area contributed by atoms with Crippen LogP contribution in [-0.2, 0) is 9.59 Å². The Morgan fingerprint density at radius 1 is 1.29 bits per heavy atom. The van der Waals surface area contributed by atoms with E-state index in [0.717, 1.165) is 24.2 Å². The highest BCUT2D eigenvalue weighted by molar-refractivity contribution is 5.92. The fourth-order valence-electron chi connectivity index (χ4n) is 4.98. The molecule has 2 aliphatic heterocycles. The van der Waals surface area contributed by atoms with E-state index >= 15 is 0 Å². The molecule has 0 saturated carbocycles. The van der Waals surface area contributed by atoms with Crippen molar-refractivity contribution in [2.75, 3.05) is 19.0 Å². The number of benzene rings is 2. The number of likely N-dealkylation sites (tertiary alicyclic amines) is 1. The SMILES string of the molecule is COc1ccc([C@@H]2C[C@]3(C)NC(=O)CCC[C@@H]3N2CC(=O)Nc2cccc(F)c2)cc1. The van der Waals surface area contributed by atoms with Gasteiger partial charge in [0, 0.05) is 24.2 Å². The van der Waals surface area contributed by atoms with Crippen molar-refractivity contribution in [3.8, 4) is 5.75 Å². The molecular weight excluding hydrogens is 397 g/mol. The number of anilines is 1. The van der Waals surface area contributed by atoms with Crippen LogP contribution in [0.1, 0.15) is 44.2 Å². The fraction of sp³-hybridized carbons (Fsp3) is 0.417. The molecule has 4 rings (SSSR count). The van der Waals surface area contributed by atoms with Crippen LogP contribution in [0.4, 0.5) is 10.1 Å². The summed E-state index contributed by atoms with van der Waals surface area (Å²) in [6, 6.07) is 13.7. The van der Waals surface area contributed by atoms with Crippen molar-refractivity contribution in [1.82, 2.24) is 10.2 Å². The maximum atomic E-state index is 13.5. The number of nitrogens with one attached hydrogen (secondary N) is 2. The van der Waals surface area contributed by atoms with Crippen LogP contribution in [0.15, 0.2) is 48.5 Å². The minimum Gasteiger partial charge on any atom is -0.497 e. The van der Waals surface area contributed by atoms with Crippen molar-refractivity contribution in [3.05, 3.63) is 59.9 Å². The van der Waals surface area contributed by atoms with Crippen LogP contribution < -0.4 is 15.4 Å².